The molecule has 2 aliphatic rings. The number of aryl methyl sites for hydroxylation is 2. The highest BCUT2D eigenvalue weighted by Gasteiger charge is 2.26. The molecule has 0 N–H and O–H groups in total. The molecule has 0 aliphatic carbocycles. The second-order valence-electron chi connectivity index (χ2n) is 5.81. The molecule has 1 aromatic carbocycles. The van der Waals surface area contributed by atoms with E-state index < -0.39 is 5.63 Å². The van der Waals surface area contributed by atoms with Gasteiger partial charge in [-0.3, -0.25) is 4.79 Å². The number of anilines is 1. The lowest BCUT2D eigenvalue weighted by Crippen LogP contribution is -2.34. The van der Waals surface area contributed by atoms with Crippen LogP contribution < -0.4 is 10.5 Å². The molecule has 2 aromatic rings. The van der Waals surface area contributed by atoms with Gasteiger partial charge >= 0.3 is 5.63 Å². The van der Waals surface area contributed by atoms with Gasteiger partial charge in [-0.1, -0.05) is 5.92 Å². The number of rotatable bonds is 0. The van der Waals surface area contributed by atoms with Crippen molar-refractivity contribution in [3.05, 3.63) is 39.2 Å². The number of carbonyl (C=O) groups is 1. The van der Waals surface area contributed by atoms with Gasteiger partial charge in [-0.15, -0.1) is 0 Å². The first kappa shape index (κ1) is 13.1. The maximum atomic E-state index is 12.1. The van der Waals surface area contributed by atoms with Crippen molar-refractivity contribution >= 4 is 22.9 Å². The number of carbonyl (C=O) groups excluding carboxylic acids is 1. The van der Waals surface area contributed by atoms with Gasteiger partial charge < -0.3 is 9.32 Å². The fraction of sp³-hybridized carbons (Fsp3) is 0.333. The van der Waals surface area contributed by atoms with Crippen LogP contribution in [0.2, 0.25) is 0 Å². The van der Waals surface area contributed by atoms with Crippen LogP contribution in [-0.2, 0) is 17.6 Å². The highest BCUT2D eigenvalue weighted by atomic mass is 16.4. The maximum absolute atomic E-state index is 12.1. The van der Waals surface area contributed by atoms with E-state index in [1.54, 1.807) is 6.07 Å². The second kappa shape index (κ2) is 5.03. The summed E-state index contributed by atoms with van der Waals surface area (Å²) >= 11 is 0. The van der Waals surface area contributed by atoms with Gasteiger partial charge in [0.15, 0.2) is 6.29 Å². The van der Waals surface area contributed by atoms with Gasteiger partial charge in [0.25, 0.3) is 0 Å². The summed E-state index contributed by atoms with van der Waals surface area (Å²) < 4.78 is 5.56. The summed E-state index contributed by atoms with van der Waals surface area (Å²) in [6, 6.07) is 3.86. The summed E-state index contributed by atoms with van der Waals surface area (Å²) in [6.07, 6.45) is 4.73. The highest BCUT2D eigenvalue weighted by Crippen LogP contribution is 2.39. The van der Waals surface area contributed by atoms with E-state index in [2.05, 4.69) is 22.8 Å². The number of hydrogen-bond acceptors (Lipinski definition) is 4. The normalized spacial score (nSPS) is 15.9. The van der Waals surface area contributed by atoms with E-state index in [0.717, 1.165) is 49.7 Å². The van der Waals surface area contributed by atoms with Crippen molar-refractivity contribution in [2.24, 2.45) is 0 Å². The van der Waals surface area contributed by atoms with E-state index in [0.29, 0.717) is 11.9 Å². The van der Waals surface area contributed by atoms with Gasteiger partial charge in [0, 0.05) is 29.7 Å². The molecule has 2 aliphatic heterocycles. The largest absolute Gasteiger partial charge is 0.421 e. The molecule has 0 bridgehead atoms. The molecule has 4 heteroatoms. The third kappa shape index (κ3) is 1.93. The minimum Gasteiger partial charge on any atom is -0.421 e. The van der Waals surface area contributed by atoms with Gasteiger partial charge in [0.05, 0.1) is 0 Å². The van der Waals surface area contributed by atoms with E-state index in [1.807, 2.05) is 0 Å². The fourth-order valence-electron chi connectivity index (χ4n) is 3.64. The first-order valence-electron chi connectivity index (χ1n) is 7.60. The molecule has 0 saturated carbocycles. The Bertz CT molecular complexity index is 896. The monoisotopic (exact) mass is 293 g/mol. The number of fused-ring (bicyclic) bond motifs is 2. The third-order valence-electron chi connectivity index (χ3n) is 4.48. The molecular weight excluding hydrogens is 278 g/mol. The Morgan fingerprint density at radius 3 is 2.82 bits per heavy atom. The zero-order chi connectivity index (χ0) is 15.1. The third-order valence-corrected chi connectivity index (χ3v) is 4.48. The summed E-state index contributed by atoms with van der Waals surface area (Å²) in [5, 5.41) is 0.910. The summed E-state index contributed by atoms with van der Waals surface area (Å²) in [4.78, 5) is 24.9. The van der Waals surface area contributed by atoms with Crippen molar-refractivity contribution < 1.29 is 9.21 Å². The van der Waals surface area contributed by atoms with Crippen molar-refractivity contribution in [3.8, 4) is 11.8 Å². The molecule has 1 aromatic heterocycles. The van der Waals surface area contributed by atoms with Crippen molar-refractivity contribution in [3.63, 3.8) is 0 Å². The molecule has 4 rings (SSSR count). The lowest BCUT2D eigenvalue weighted by atomic mass is 9.90. The van der Waals surface area contributed by atoms with Crippen LogP contribution in [0.3, 0.4) is 0 Å². The minimum absolute atomic E-state index is 0.246. The van der Waals surface area contributed by atoms with Crippen LogP contribution in [-0.4, -0.2) is 19.4 Å². The molecule has 0 radical (unpaired) electrons. The van der Waals surface area contributed by atoms with Crippen LogP contribution in [0.4, 0.5) is 5.69 Å². The Labute approximate surface area is 127 Å². The first-order chi connectivity index (χ1) is 10.8. The number of hydrogen-bond donors (Lipinski definition) is 0. The van der Waals surface area contributed by atoms with Crippen LogP contribution in [0.15, 0.2) is 21.3 Å². The zero-order valence-electron chi connectivity index (χ0n) is 12.1. The van der Waals surface area contributed by atoms with E-state index >= 15 is 0 Å². The molecule has 4 nitrogen and oxygen atoms in total. The predicted molar refractivity (Wildman–Crippen MR) is 84.3 cm³/mol. The summed E-state index contributed by atoms with van der Waals surface area (Å²) in [5.41, 5.74) is 4.23. The Balaban J connectivity index is 2.02. The minimum atomic E-state index is -0.467. The van der Waals surface area contributed by atoms with Gasteiger partial charge in [0.1, 0.15) is 11.1 Å². The molecule has 0 saturated heterocycles. The molecule has 110 valence electrons. The van der Waals surface area contributed by atoms with Gasteiger partial charge in [-0.2, -0.15) is 0 Å². The van der Waals surface area contributed by atoms with Crippen molar-refractivity contribution in [2.45, 2.75) is 25.7 Å². The molecule has 0 atom stereocenters. The zero-order valence-corrected chi connectivity index (χ0v) is 12.1. The average Bonchev–Trinajstić information content (AvgIpc) is 2.54. The summed E-state index contributed by atoms with van der Waals surface area (Å²) in [5.74, 6) is 4.84. The lowest BCUT2D eigenvalue weighted by molar-refractivity contribution is -0.103. The van der Waals surface area contributed by atoms with Crippen LogP contribution in [0, 0.1) is 11.8 Å². The van der Waals surface area contributed by atoms with Crippen LogP contribution in [0.1, 0.15) is 29.5 Å². The van der Waals surface area contributed by atoms with Crippen molar-refractivity contribution in [2.75, 3.05) is 18.0 Å². The molecule has 0 fully saturated rings. The second-order valence-corrected chi connectivity index (χ2v) is 5.81. The first-order valence-corrected chi connectivity index (χ1v) is 7.60. The van der Waals surface area contributed by atoms with Crippen LogP contribution in [0.25, 0.3) is 11.0 Å². The molecule has 0 amide bonds. The molecular formula is C18H15NO3. The number of benzene rings is 1. The Morgan fingerprint density at radius 1 is 1.18 bits per heavy atom. The molecule has 0 spiro atoms. The van der Waals surface area contributed by atoms with Crippen LogP contribution >= 0.6 is 0 Å². The Morgan fingerprint density at radius 2 is 2.00 bits per heavy atom. The Hall–Kier alpha value is -2.54. The summed E-state index contributed by atoms with van der Waals surface area (Å²) in [6.45, 7) is 2.16. The van der Waals surface area contributed by atoms with Gasteiger partial charge in [-0.25, -0.2) is 4.79 Å². The number of nitrogens with zero attached hydrogens (tertiary/aromatic N) is 1. The average molecular weight is 293 g/mol. The predicted octanol–water partition coefficient (Wildman–Crippen LogP) is 2.04. The van der Waals surface area contributed by atoms with Crippen LogP contribution in [0.5, 0.6) is 0 Å². The van der Waals surface area contributed by atoms with E-state index in [9.17, 15) is 9.59 Å². The van der Waals surface area contributed by atoms with Crippen molar-refractivity contribution in [1.82, 2.24) is 0 Å². The quantitative estimate of drug-likeness (QED) is 0.424. The standard InChI is InChI=1S/C18H15NO3/c20-9-3-5-13-11-14-10-12-4-1-7-19-8-2-6-15(16(12)19)17(14)22-18(13)21/h9-11H,1-2,4,6-8H2. The Kier molecular flexibility index (Phi) is 3.00. The topological polar surface area (TPSA) is 50.5 Å². The van der Waals surface area contributed by atoms with Gasteiger partial charge in [0.2, 0.25) is 0 Å². The molecule has 0 unspecified atom stereocenters. The van der Waals surface area contributed by atoms with E-state index in [1.165, 1.54) is 11.3 Å². The summed E-state index contributed by atoms with van der Waals surface area (Å²) in [7, 11) is 0. The lowest BCUT2D eigenvalue weighted by Gasteiger charge is -2.37. The molecule has 3 heterocycles. The SMILES string of the molecule is O=CC#Cc1cc2cc3c4c(c2oc1=O)CCCN4CCC3. The van der Waals surface area contributed by atoms with E-state index in [-0.39, 0.29) is 5.56 Å². The van der Waals surface area contributed by atoms with Crippen molar-refractivity contribution in [1.29, 1.82) is 0 Å². The highest BCUT2D eigenvalue weighted by molar-refractivity contribution is 5.89. The maximum Gasteiger partial charge on any atom is 0.352 e. The van der Waals surface area contributed by atoms with Gasteiger partial charge in [-0.05, 0) is 49.3 Å². The smallest absolute Gasteiger partial charge is 0.352 e. The molecule has 22 heavy (non-hydrogen) atoms. The van der Waals surface area contributed by atoms with E-state index in [4.69, 9.17) is 4.42 Å². The fourth-order valence-corrected chi connectivity index (χ4v) is 3.64. The number of aldehydes is 1.